The molecule has 0 amide bonds. The minimum atomic E-state index is -0.643. The highest BCUT2D eigenvalue weighted by Gasteiger charge is 2.18. The number of halogens is 2. The van der Waals surface area contributed by atoms with Crippen molar-refractivity contribution in [2.45, 2.75) is 6.42 Å². The summed E-state index contributed by atoms with van der Waals surface area (Å²) in [6.07, 6.45) is 5.30. The van der Waals surface area contributed by atoms with Gasteiger partial charge < -0.3 is 4.74 Å². The molecule has 1 rings (SSSR count). The van der Waals surface area contributed by atoms with Crippen LogP contribution in [0.3, 0.4) is 0 Å². The molecule has 0 N–H and O–H groups in total. The quantitative estimate of drug-likeness (QED) is 0.370. The standard InChI is InChI=1S/C10H7BrFNO3/c1-2-3-4-16-10-6-8(12)7(11)5-9(10)13(14)15/h1,5-6H,3-4H2. The molecule has 0 heterocycles. The van der Waals surface area contributed by atoms with Gasteiger partial charge in [0.15, 0.2) is 5.75 Å². The van der Waals surface area contributed by atoms with Crippen LogP contribution < -0.4 is 4.74 Å². The summed E-state index contributed by atoms with van der Waals surface area (Å²) in [7, 11) is 0. The van der Waals surface area contributed by atoms with Crippen molar-refractivity contribution in [2.75, 3.05) is 6.61 Å². The van der Waals surface area contributed by atoms with Crippen molar-refractivity contribution >= 4 is 21.6 Å². The minimum absolute atomic E-state index is 0.0171. The maximum Gasteiger partial charge on any atom is 0.312 e. The summed E-state index contributed by atoms with van der Waals surface area (Å²) < 4.78 is 18.2. The van der Waals surface area contributed by atoms with Crippen LogP contribution in [0.5, 0.6) is 5.75 Å². The SMILES string of the molecule is C#CCCOc1cc(F)c(Br)cc1[N+](=O)[O-]. The molecule has 0 aromatic heterocycles. The molecule has 0 aliphatic heterocycles. The Bertz CT molecular complexity index is 456. The van der Waals surface area contributed by atoms with Crippen molar-refractivity contribution in [1.82, 2.24) is 0 Å². The Kier molecular flexibility index (Phi) is 4.26. The molecule has 1 aromatic carbocycles. The lowest BCUT2D eigenvalue weighted by Crippen LogP contribution is -2.00. The zero-order chi connectivity index (χ0) is 12.1. The van der Waals surface area contributed by atoms with Gasteiger partial charge in [-0.2, -0.15) is 0 Å². The van der Waals surface area contributed by atoms with Crippen LogP contribution >= 0.6 is 15.9 Å². The first-order valence-electron chi connectivity index (χ1n) is 4.26. The van der Waals surface area contributed by atoms with Crippen molar-refractivity contribution in [1.29, 1.82) is 0 Å². The first kappa shape index (κ1) is 12.5. The third kappa shape index (κ3) is 2.94. The van der Waals surface area contributed by atoms with Gasteiger partial charge in [0.25, 0.3) is 0 Å². The van der Waals surface area contributed by atoms with Crippen LogP contribution in [0.1, 0.15) is 6.42 Å². The number of benzene rings is 1. The van der Waals surface area contributed by atoms with E-state index in [1.54, 1.807) is 0 Å². The number of hydrogen-bond donors (Lipinski definition) is 0. The second-order valence-corrected chi connectivity index (χ2v) is 3.65. The van der Waals surface area contributed by atoms with E-state index in [1.165, 1.54) is 0 Å². The number of hydrogen-bond acceptors (Lipinski definition) is 3. The van der Waals surface area contributed by atoms with Gasteiger partial charge in [-0.3, -0.25) is 10.1 Å². The van der Waals surface area contributed by atoms with Crippen LogP contribution in [0, 0.1) is 28.3 Å². The maximum absolute atomic E-state index is 13.1. The second-order valence-electron chi connectivity index (χ2n) is 2.79. The van der Waals surface area contributed by atoms with Crippen molar-refractivity contribution in [3.8, 4) is 18.1 Å². The first-order valence-corrected chi connectivity index (χ1v) is 5.05. The summed E-state index contributed by atoms with van der Waals surface area (Å²) in [6.45, 7) is 0.110. The second kappa shape index (κ2) is 5.47. The molecule has 0 radical (unpaired) electrons. The van der Waals surface area contributed by atoms with E-state index < -0.39 is 10.7 Å². The Morgan fingerprint density at radius 2 is 2.31 bits per heavy atom. The molecular weight excluding hydrogens is 281 g/mol. The number of ether oxygens (including phenoxy) is 1. The molecule has 0 atom stereocenters. The van der Waals surface area contributed by atoms with Crippen LogP contribution in [0.25, 0.3) is 0 Å². The van der Waals surface area contributed by atoms with Gasteiger partial charge in [0.05, 0.1) is 16.0 Å². The van der Waals surface area contributed by atoms with Gasteiger partial charge in [-0.1, -0.05) is 0 Å². The molecule has 0 saturated heterocycles. The van der Waals surface area contributed by atoms with Crippen LogP contribution in [-0.4, -0.2) is 11.5 Å². The lowest BCUT2D eigenvalue weighted by molar-refractivity contribution is -0.386. The van der Waals surface area contributed by atoms with E-state index in [2.05, 4.69) is 21.9 Å². The van der Waals surface area contributed by atoms with Gasteiger partial charge >= 0.3 is 5.69 Å². The van der Waals surface area contributed by atoms with E-state index in [0.29, 0.717) is 6.42 Å². The van der Waals surface area contributed by atoms with Crippen molar-refractivity contribution in [3.05, 3.63) is 32.5 Å². The minimum Gasteiger partial charge on any atom is -0.486 e. The number of terminal acetylenes is 1. The van der Waals surface area contributed by atoms with Crippen LogP contribution in [0.15, 0.2) is 16.6 Å². The largest absolute Gasteiger partial charge is 0.486 e. The number of nitrogens with zero attached hydrogens (tertiary/aromatic N) is 1. The van der Waals surface area contributed by atoms with Crippen LogP contribution in [-0.2, 0) is 0 Å². The molecular formula is C10H7BrFNO3. The number of nitro groups is 1. The highest BCUT2D eigenvalue weighted by Crippen LogP contribution is 2.32. The summed E-state index contributed by atoms with van der Waals surface area (Å²) in [5.41, 5.74) is -0.301. The Morgan fingerprint density at radius 1 is 1.62 bits per heavy atom. The normalized spacial score (nSPS) is 9.56. The summed E-state index contributed by atoms with van der Waals surface area (Å²) in [4.78, 5) is 10.0. The molecule has 0 aliphatic rings. The van der Waals surface area contributed by atoms with E-state index in [-0.39, 0.29) is 22.5 Å². The molecule has 0 saturated carbocycles. The average Bonchev–Trinajstić information content (AvgIpc) is 2.23. The van der Waals surface area contributed by atoms with Gasteiger partial charge in [0, 0.05) is 18.6 Å². The molecule has 4 nitrogen and oxygen atoms in total. The Labute approximate surface area is 99.7 Å². The zero-order valence-corrected chi connectivity index (χ0v) is 9.66. The average molecular weight is 288 g/mol. The first-order chi connectivity index (χ1) is 7.56. The molecule has 84 valence electrons. The molecule has 0 aliphatic carbocycles. The third-order valence-corrected chi connectivity index (χ3v) is 2.31. The van der Waals surface area contributed by atoms with Crippen LogP contribution in [0.4, 0.5) is 10.1 Å². The predicted molar refractivity (Wildman–Crippen MR) is 59.7 cm³/mol. The highest BCUT2D eigenvalue weighted by molar-refractivity contribution is 9.10. The zero-order valence-electron chi connectivity index (χ0n) is 8.07. The lowest BCUT2D eigenvalue weighted by atomic mass is 10.3. The van der Waals surface area contributed by atoms with Crippen LogP contribution in [0.2, 0.25) is 0 Å². The predicted octanol–water partition coefficient (Wildman–Crippen LogP) is 2.90. The van der Waals surface area contributed by atoms with Crippen molar-refractivity contribution in [2.24, 2.45) is 0 Å². The third-order valence-electron chi connectivity index (χ3n) is 1.70. The summed E-state index contributed by atoms with van der Waals surface area (Å²) in [5.74, 6) is 1.57. The Balaban J connectivity index is 3.01. The fraction of sp³-hybridized carbons (Fsp3) is 0.200. The summed E-state index contributed by atoms with van der Waals surface area (Å²) >= 11 is 2.86. The van der Waals surface area contributed by atoms with Crippen molar-refractivity contribution in [3.63, 3.8) is 0 Å². The van der Waals surface area contributed by atoms with Gasteiger partial charge in [0.1, 0.15) is 5.82 Å². The number of nitro benzene ring substituents is 1. The molecule has 6 heteroatoms. The van der Waals surface area contributed by atoms with E-state index in [1.807, 2.05) is 0 Å². The Hall–Kier alpha value is -1.61. The molecule has 0 fully saturated rings. The van der Waals surface area contributed by atoms with Gasteiger partial charge in [-0.05, 0) is 15.9 Å². The van der Waals surface area contributed by atoms with Gasteiger partial charge in [0.2, 0.25) is 0 Å². The fourth-order valence-corrected chi connectivity index (χ4v) is 1.33. The van der Waals surface area contributed by atoms with E-state index in [0.717, 1.165) is 12.1 Å². The molecule has 0 spiro atoms. The topological polar surface area (TPSA) is 52.4 Å². The van der Waals surface area contributed by atoms with Gasteiger partial charge in [-0.15, -0.1) is 12.3 Å². The van der Waals surface area contributed by atoms with E-state index in [4.69, 9.17) is 11.2 Å². The van der Waals surface area contributed by atoms with Gasteiger partial charge in [-0.25, -0.2) is 4.39 Å². The Morgan fingerprint density at radius 3 is 2.88 bits per heavy atom. The van der Waals surface area contributed by atoms with Crippen molar-refractivity contribution < 1.29 is 14.1 Å². The molecule has 16 heavy (non-hydrogen) atoms. The lowest BCUT2D eigenvalue weighted by Gasteiger charge is -2.05. The highest BCUT2D eigenvalue weighted by atomic mass is 79.9. The molecule has 1 aromatic rings. The monoisotopic (exact) mass is 287 g/mol. The molecule has 0 bridgehead atoms. The maximum atomic E-state index is 13.1. The van der Waals surface area contributed by atoms with E-state index >= 15 is 0 Å². The van der Waals surface area contributed by atoms with E-state index in [9.17, 15) is 14.5 Å². The smallest absolute Gasteiger partial charge is 0.312 e. The number of rotatable bonds is 4. The fourth-order valence-electron chi connectivity index (χ4n) is 0.996. The summed E-state index contributed by atoms with van der Waals surface area (Å²) in [6, 6.07) is 2.01. The molecule has 0 unspecified atom stereocenters. The summed E-state index contributed by atoms with van der Waals surface area (Å²) in [5, 5.41) is 10.7.